The first-order valence-corrected chi connectivity index (χ1v) is 15.2. The molecular formula is C28H31F4N3O4S. The summed E-state index contributed by atoms with van der Waals surface area (Å²) in [6, 6.07) is 4.66. The number of fused-ring (bicyclic) bond motifs is 1. The molecule has 3 aliphatic rings. The van der Waals surface area contributed by atoms with Crippen molar-refractivity contribution in [3.8, 4) is 0 Å². The monoisotopic (exact) mass is 581 g/mol. The van der Waals surface area contributed by atoms with Crippen molar-refractivity contribution in [2.75, 3.05) is 18.1 Å². The summed E-state index contributed by atoms with van der Waals surface area (Å²) in [7, 11) is -3.61. The van der Waals surface area contributed by atoms with Crippen molar-refractivity contribution >= 4 is 27.3 Å². The van der Waals surface area contributed by atoms with Crippen LogP contribution in [0.4, 0.5) is 23.2 Å². The van der Waals surface area contributed by atoms with Crippen molar-refractivity contribution < 1.29 is 35.6 Å². The van der Waals surface area contributed by atoms with E-state index in [-0.39, 0.29) is 39.8 Å². The maximum Gasteiger partial charge on any atom is 0.416 e. The molecule has 216 valence electrons. The van der Waals surface area contributed by atoms with E-state index in [0.717, 1.165) is 18.4 Å². The average molecular weight is 582 g/mol. The number of nitrogens with zero attached hydrogens (tertiary/aromatic N) is 1. The molecular weight excluding hydrogens is 550 g/mol. The normalized spacial score (nSPS) is 24.8. The van der Waals surface area contributed by atoms with Gasteiger partial charge in [0, 0.05) is 30.1 Å². The van der Waals surface area contributed by atoms with Gasteiger partial charge in [0.05, 0.1) is 22.1 Å². The summed E-state index contributed by atoms with van der Waals surface area (Å²) in [5.41, 5.74) is -0.550. The van der Waals surface area contributed by atoms with Crippen LogP contribution in [0.15, 0.2) is 41.3 Å². The summed E-state index contributed by atoms with van der Waals surface area (Å²) in [4.78, 5) is 29.1. The molecule has 2 saturated carbocycles. The molecule has 0 radical (unpaired) electrons. The van der Waals surface area contributed by atoms with Crippen molar-refractivity contribution in [3.63, 3.8) is 0 Å². The molecule has 2 aromatic carbocycles. The molecule has 0 aromatic heterocycles. The molecule has 3 unspecified atom stereocenters. The van der Waals surface area contributed by atoms with Gasteiger partial charge >= 0.3 is 6.18 Å². The van der Waals surface area contributed by atoms with Gasteiger partial charge in [-0.2, -0.15) is 13.2 Å². The van der Waals surface area contributed by atoms with Crippen molar-refractivity contribution in [2.24, 2.45) is 17.8 Å². The highest BCUT2D eigenvalue weighted by atomic mass is 32.2. The fraction of sp³-hybridized carbons (Fsp3) is 0.500. The smallest absolute Gasteiger partial charge is 0.385 e. The molecule has 5 rings (SSSR count). The number of carbonyl (C=O) groups excluding carboxylic acids is 2. The minimum Gasteiger partial charge on any atom is -0.385 e. The number of sulfone groups is 1. The Morgan fingerprint density at radius 1 is 1.12 bits per heavy atom. The lowest BCUT2D eigenvalue weighted by atomic mass is 9.98. The summed E-state index contributed by atoms with van der Waals surface area (Å²) in [6.07, 6.45) is -1.89. The van der Waals surface area contributed by atoms with Gasteiger partial charge in [-0.1, -0.05) is 13.0 Å². The number of likely N-dealkylation sites (tertiary alicyclic amines) is 1. The summed E-state index contributed by atoms with van der Waals surface area (Å²) >= 11 is 0. The largest absolute Gasteiger partial charge is 0.416 e. The van der Waals surface area contributed by atoms with Crippen molar-refractivity contribution in [1.82, 2.24) is 10.2 Å². The predicted octanol–water partition coefficient (Wildman–Crippen LogP) is 4.80. The zero-order valence-electron chi connectivity index (χ0n) is 22.3. The number of anilines is 1. The Morgan fingerprint density at radius 2 is 1.82 bits per heavy atom. The first-order valence-electron chi connectivity index (χ1n) is 13.3. The van der Waals surface area contributed by atoms with Crippen LogP contribution >= 0.6 is 0 Å². The molecule has 5 atom stereocenters. The molecule has 2 aromatic rings. The van der Waals surface area contributed by atoms with Crippen LogP contribution < -0.4 is 10.6 Å². The third kappa shape index (κ3) is 5.29. The number of hydrogen-bond donors (Lipinski definition) is 2. The van der Waals surface area contributed by atoms with Gasteiger partial charge < -0.3 is 15.5 Å². The number of benzene rings is 2. The van der Waals surface area contributed by atoms with Crippen LogP contribution in [0.1, 0.15) is 60.6 Å². The standard InChI is InChI=1S/C28H31F4N3O4S/c1-4-33-22-10-8-17(40(3,38)39)12-20(22)27(37)35-23(13-19-14(2)25(19)35)26(36)34-24(15-5-6-15)18-9-7-16(11-21(18)29)28(30,31)32/h7-12,14-15,19,23-25,33H,4-6,13H2,1-3H3,(H,34,36)/t14-,19?,23-,24?,25?/m1/s1. The van der Waals surface area contributed by atoms with Gasteiger partial charge in [0.2, 0.25) is 5.91 Å². The highest BCUT2D eigenvalue weighted by molar-refractivity contribution is 7.90. The Balaban J connectivity index is 1.44. The number of carbonyl (C=O) groups is 2. The highest BCUT2D eigenvalue weighted by Gasteiger charge is 2.62. The molecule has 2 amide bonds. The highest BCUT2D eigenvalue weighted by Crippen LogP contribution is 2.54. The Labute approximate surface area is 230 Å². The number of nitrogens with one attached hydrogen (secondary N) is 2. The van der Waals surface area contributed by atoms with E-state index in [4.69, 9.17) is 0 Å². The number of alkyl halides is 3. The van der Waals surface area contributed by atoms with Crippen LogP contribution in [0.2, 0.25) is 0 Å². The van der Waals surface area contributed by atoms with Gasteiger partial charge in [-0.3, -0.25) is 9.59 Å². The summed E-state index contributed by atoms with van der Waals surface area (Å²) in [6.45, 7) is 4.29. The molecule has 2 aliphatic carbocycles. The van der Waals surface area contributed by atoms with E-state index in [2.05, 4.69) is 10.6 Å². The Kier molecular flexibility index (Phi) is 7.12. The SMILES string of the molecule is CCNc1ccc(S(C)(=O)=O)cc1C(=O)N1C2C(C[C@@H]1C(=O)NC(c1ccc(C(F)(F)F)cc1F)C1CC1)[C@H]2C. The second-order valence-corrected chi connectivity index (χ2v) is 13.1. The molecule has 2 N–H and O–H groups in total. The molecule has 0 bridgehead atoms. The molecule has 7 nitrogen and oxygen atoms in total. The number of hydrogen-bond acceptors (Lipinski definition) is 5. The molecule has 3 fully saturated rings. The maximum absolute atomic E-state index is 14.9. The van der Waals surface area contributed by atoms with E-state index < -0.39 is 51.3 Å². The average Bonchev–Trinajstić information content (AvgIpc) is 3.78. The van der Waals surface area contributed by atoms with Gasteiger partial charge in [-0.25, -0.2) is 12.8 Å². The lowest BCUT2D eigenvalue weighted by Gasteiger charge is -2.31. The van der Waals surface area contributed by atoms with Crippen molar-refractivity contribution in [3.05, 3.63) is 58.9 Å². The van der Waals surface area contributed by atoms with Gasteiger partial charge in [-0.15, -0.1) is 0 Å². The fourth-order valence-electron chi connectivity index (χ4n) is 5.92. The zero-order valence-corrected chi connectivity index (χ0v) is 23.1. The third-order valence-electron chi connectivity index (χ3n) is 8.27. The molecule has 0 spiro atoms. The van der Waals surface area contributed by atoms with E-state index in [9.17, 15) is 35.6 Å². The molecule has 1 heterocycles. The molecule has 1 aliphatic heterocycles. The number of amides is 2. The maximum atomic E-state index is 14.9. The first kappa shape index (κ1) is 28.4. The summed E-state index contributed by atoms with van der Waals surface area (Å²) < 4.78 is 78.5. The van der Waals surface area contributed by atoms with Crippen molar-refractivity contribution in [2.45, 2.75) is 62.3 Å². The second kappa shape index (κ2) is 10.0. The van der Waals surface area contributed by atoms with Crippen molar-refractivity contribution in [1.29, 1.82) is 0 Å². The number of rotatable bonds is 8. The fourth-order valence-corrected chi connectivity index (χ4v) is 6.57. The lowest BCUT2D eigenvalue weighted by molar-refractivity contribution is -0.137. The van der Waals surface area contributed by atoms with Gasteiger partial charge in [-0.05, 0) is 74.3 Å². The second-order valence-electron chi connectivity index (χ2n) is 11.0. The van der Waals surface area contributed by atoms with E-state index in [0.29, 0.717) is 37.6 Å². The van der Waals surface area contributed by atoms with Crippen LogP contribution in [0, 0.1) is 23.6 Å². The number of piperidine rings is 1. The Bertz CT molecular complexity index is 1460. The molecule has 40 heavy (non-hydrogen) atoms. The predicted molar refractivity (Wildman–Crippen MR) is 140 cm³/mol. The first-order chi connectivity index (χ1) is 18.7. The minimum atomic E-state index is -4.69. The third-order valence-corrected chi connectivity index (χ3v) is 9.38. The van der Waals surface area contributed by atoms with Gasteiger partial charge in [0.1, 0.15) is 11.9 Å². The van der Waals surface area contributed by atoms with E-state index in [1.54, 1.807) is 0 Å². The van der Waals surface area contributed by atoms with Gasteiger partial charge in [0.15, 0.2) is 9.84 Å². The van der Waals surface area contributed by atoms with E-state index in [1.807, 2.05) is 13.8 Å². The van der Waals surface area contributed by atoms with Crippen LogP contribution in [-0.2, 0) is 20.8 Å². The van der Waals surface area contributed by atoms with E-state index in [1.165, 1.54) is 23.1 Å². The van der Waals surface area contributed by atoms with Crippen LogP contribution in [-0.4, -0.2) is 50.0 Å². The van der Waals surface area contributed by atoms with Crippen LogP contribution in [0.25, 0.3) is 0 Å². The van der Waals surface area contributed by atoms with Crippen LogP contribution in [0.3, 0.4) is 0 Å². The molecule has 12 heteroatoms. The Morgan fingerprint density at radius 3 is 2.40 bits per heavy atom. The topological polar surface area (TPSA) is 95.6 Å². The van der Waals surface area contributed by atoms with E-state index >= 15 is 0 Å². The molecule has 1 saturated heterocycles. The quantitative estimate of drug-likeness (QED) is 0.437. The number of halogens is 4. The zero-order chi connectivity index (χ0) is 29.1. The van der Waals surface area contributed by atoms with Gasteiger partial charge in [0.25, 0.3) is 5.91 Å². The lowest BCUT2D eigenvalue weighted by Crippen LogP contribution is -2.49. The van der Waals surface area contributed by atoms with Crippen LogP contribution in [0.5, 0.6) is 0 Å². The minimum absolute atomic E-state index is 0.0199. The Hall–Kier alpha value is -3.15. The summed E-state index contributed by atoms with van der Waals surface area (Å²) in [5, 5.41) is 5.91. The summed E-state index contributed by atoms with van der Waals surface area (Å²) in [5.74, 6) is -1.92.